The Morgan fingerprint density at radius 2 is 2.12 bits per heavy atom. The molecule has 0 saturated carbocycles. The number of thiophene rings is 1. The first-order valence-electron chi connectivity index (χ1n) is 10.9. The molecule has 4 aromatic rings. The Labute approximate surface area is 199 Å². The van der Waals surface area contributed by atoms with Gasteiger partial charge in [-0.2, -0.15) is 5.10 Å². The Balaban J connectivity index is 1.29. The number of carbonyl (C=O) groups excluding carboxylic acids is 1. The average molecular weight is 481 g/mol. The normalized spacial score (nSPS) is 13.4. The second-order valence-corrected chi connectivity index (χ2v) is 9.09. The van der Waals surface area contributed by atoms with Crippen molar-refractivity contribution < 1.29 is 24.1 Å². The van der Waals surface area contributed by atoms with Gasteiger partial charge in [0.2, 0.25) is 6.79 Å². The van der Waals surface area contributed by atoms with Crippen molar-refractivity contribution in [2.45, 2.75) is 26.0 Å². The third kappa shape index (κ3) is 4.42. The lowest BCUT2D eigenvalue weighted by molar-refractivity contribution is 0.0844. The maximum absolute atomic E-state index is 13.1. The van der Waals surface area contributed by atoms with Crippen LogP contribution in [0.5, 0.6) is 17.2 Å². The highest BCUT2D eigenvalue weighted by Gasteiger charge is 2.20. The Kier molecular flexibility index (Phi) is 6.08. The molecule has 4 heterocycles. The van der Waals surface area contributed by atoms with E-state index in [0.717, 1.165) is 4.88 Å². The van der Waals surface area contributed by atoms with Crippen LogP contribution in [0.1, 0.15) is 30.2 Å². The van der Waals surface area contributed by atoms with Gasteiger partial charge < -0.3 is 24.6 Å². The van der Waals surface area contributed by atoms with Crippen LogP contribution in [0.3, 0.4) is 0 Å². The molecule has 176 valence electrons. The Hall–Kier alpha value is -3.63. The molecule has 2 N–H and O–H groups in total. The molecule has 1 unspecified atom stereocenters. The second-order valence-electron chi connectivity index (χ2n) is 8.14. The predicted octanol–water partition coefficient (Wildman–Crippen LogP) is 3.64. The fourth-order valence-electron chi connectivity index (χ4n) is 3.66. The van der Waals surface area contributed by atoms with Crippen LogP contribution in [-0.4, -0.2) is 51.8 Å². The summed E-state index contributed by atoms with van der Waals surface area (Å²) in [5.41, 5.74) is 1.82. The van der Waals surface area contributed by atoms with E-state index in [9.17, 15) is 9.90 Å². The Bertz CT molecular complexity index is 1320. The highest BCUT2D eigenvalue weighted by Crippen LogP contribution is 2.35. The maximum Gasteiger partial charge on any atom is 0.252 e. The van der Waals surface area contributed by atoms with Gasteiger partial charge in [0.15, 0.2) is 17.1 Å². The lowest BCUT2D eigenvalue weighted by Crippen LogP contribution is -2.35. The number of hydrogen-bond acceptors (Lipinski definition) is 8. The molecule has 0 spiro atoms. The van der Waals surface area contributed by atoms with E-state index in [-0.39, 0.29) is 31.9 Å². The first kappa shape index (κ1) is 22.2. The molecule has 0 radical (unpaired) electrons. The zero-order chi connectivity index (χ0) is 23.7. The van der Waals surface area contributed by atoms with Crippen molar-refractivity contribution in [2.24, 2.45) is 0 Å². The van der Waals surface area contributed by atoms with Crippen LogP contribution in [0.25, 0.3) is 21.6 Å². The van der Waals surface area contributed by atoms with Gasteiger partial charge in [0.25, 0.3) is 5.91 Å². The summed E-state index contributed by atoms with van der Waals surface area (Å²) in [6.07, 6.45) is 0.760. The number of aliphatic hydroxyl groups is 1. The molecule has 1 aromatic carbocycles. The SMILES string of the molecule is CC(C)n1ncc2c(C(=O)NCC(O)COc3ccc4c(c3)OCO4)cc(-c3cccs3)nc21. The number of rotatable bonds is 8. The van der Waals surface area contributed by atoms with E-state index in [0.29, 0.717) is 39.5 Å². The second kappa shape index (κ2) is 9.32. The van der Waals surface area contributed by atoms with E-state index in [1.165, 1.54) is 0 Å². The van der Waals surface area contributed by atoms with Crippen LogP contribution in [0.4, 0.5) is 0 Å². The van der Waals surface area contributed by atoms with E-state index in [2.05, 4.69) is 10.4 Å². The molecular formula is C24H24N4O5S. The van der Waals surface area contributed by atoms with Crippen LogP contribution in [-0.2, 0) is 0 Å². The molecule has 9 nitrogen and oxygen atoms in total. The molecule has 1 aliphatic rings. The van der Waals surface area contributed by atoms with E-state index in [1.807, 2.05) is 31.4 Å². The summed E-state index contributed by atoms with van der Waals surface area (Å²) in [7, 11) is 0. The zero-order valence-corrected chi connectivity index (χ0v) is 19.5. The molecule has 5 rings (SSSR count). The monoisotopic (exact) mass is 480 g/mol. The number of aliphatic hydroxyl groups excluding tert-OH is 1. The highest BCUT2D eigenvalue weighted by atomic mass is 32.1. The van der Waals surface area contributed by atoms with Gasteiger partial charge in [0.05, 0.1) is 27.7 Å². The topological polar surface area (TPSA) is 108 Å². The van der Waals surface area contributed by atoms with Gasteiger partial charge in [-0.3, -0.25) is 4.79 Å². The van der Waals surface area contributed by atoms with Gasteiger partial charge in [-0.25, -0.2) is 9.67 Å². The van der Waals surface area contributed by atoms with Crippen molar-refractivity contribution >= 4 is 28.3 Å². The predicted molar refractivity (Wildman–Crippen MR) is 128 cm³/mol. The summed E-state index contributed by atoms with van der Waals surface area (Å²) in [5, 5.41) is 20.2. The molecule has 3 aromatic heterocycles. The van der Waals surface area contributed by atoms with E-state index < -0.39 is 6.10 Å². The highest BCUT2D eigenvalue weighted by molar-refractivity contribution is 7.13. The summed E-state index contributed by atoms with van der Waals surface area (Å²) >= 11 is 1.55. The van der Waals surface area contributed by atoms with Gasteiger partial charge in [-0.1, -0.05) is 6.07 Å². The van der Waals surface area contributed by atoms with Crippen molar-refractivity contribution in [1.82, 2.24) is 20.1 Å². The zero-order valence-electron chi connectivity index (χ0n) is 18.7. The van der Waals surface area contributed by atoms with Gasteiger partial charge in [-0.05, 0) is 43.5 Å². The lowest BCUT2D eigenvalue weighted by Gasteiger charge is -2.14. The smallest absolute Gasteiger partial charge is 0.252 e. The molecule has 1 amide bonds. The fraction of sp³-hybridized carbons (Fsp3) is 0.292. The summed E-state index contributed by atoms with van der Waals surface area (Å²) < 4.78 is 18.1. The van der Waals surface area contributed by atoms with Crippen LogP contribution in [0.15, 0.2) is 48.0 Å². The van der Waals surface area contributed by atoms with Crippen LogP contribution < -0.4 is 19.5 Å². The molecule has 34 heavy (non-hydrogen) atoms. The van der Waals surface area contributed by atoms with Crippen molar-refractivity contribution in [1.29, 1.82) is 0 Å². The minimum absolute atomic E-state index is 0.0113. The summed E-state index contributed by atoms with van der Waals surface area (Å²) in [4.78, 5) is 18.8. The number of nitrogens with zero attached hydrogens (tertiary/aromatic N) is 3. The molecule has 10 heteroatoms. The van der Waals surface area contributed by atoms with Gasteiger partial charge in [0.1, 0.15) is 18.5 Å². The van der Waals surface area contributed by atoms with Crippen molar-refractivity contribution in [3.63, 3.8) is 0 Å². The molecule has 0 aliphatic carbocycles. The molecule has 0 saturated heterocycles. The standard InChI is InChI=1S/C24H24N4O5S/c1-14(2)28-23-18(11-26-28)17(9-19(27-23)22-4-3-7-34-22)24(30)25-10-15(29)12-31-16-5-6-20-21(8-16)33-13-32-20/h3-9,11,14-15,29H,10,12-13H2,1-2H3,(H,25,30). The van der Waals surface area contributed by atoms with Crippen LogP contribution >= 0.6 is 11.3 Å². The quantitative estimate of drug-likeness (QED) is 0.396. The van der Waals surface area contributed by atoms with Gasteiger partial charge in [0, 0.05) is 18.7 Å². The number of carbonyl (C=O) groups is 1. The minimum Gasteiger partial charge on any atom is -0.491 e. The molecule has 1 aliphatic heterocycles. The van der Waals surface area contributed by atoms with Crippen LogP contribution in [0.2, 0.25) is 0 Å². The first-order valence-corrected chi connectivity index (χ1v) is 11.8. The number of benzene rings is 1. The number of amides is 1. The van der Waals surface area contributed by atoms with Crippen molar-refractivity contribution in [3.8, 4) is 27.8 Å². The van der Waals surface area contributed by atoms with Crippen LogP contribution in [0, 0.1) is 0 Å². The molecule has 0 fully saturated rings. The minimum atomic E-state index is -0.901. The van der Waals surface area contributed by atoms with Crippen molar-refractivity contribution in [2.75, 3.05) is 19.9 Å². The Morgan fingerprint density at radius 3 is 2.91 bits per heavy atom. The Morgan fingerprint density at radius 1 is 1.26 bits per heavy atom. The third-order valence-corrected chi connectivity index (χ3v) is 6.25. The summed E-state index contributed by atoms with van der Waals surface area (Å²) in [6, 6.07) is 11.0. The fourth-order valence-corrected chi connectivity index (χ4v) is 4.34. The average Bonchev–Trinajstić information content (AvgIpc) is 3.60. The number of pyridine rings is 1. The largest absolute Gasteiger partial charge is 0.491 e. The lowest BCUT2D eigenvalue weighted by atomic mass is 10.1. The third-order valence-electron chi connectivity index (χ3n) is 5.36. The summed E-state index contributed by atoms with van der Waals surface area (Å²) in [5.74, 6) is 1.50. The number of ether oxygens (including phenoxy) is 3. The maximum atomic E-state index is 13.1. The summed E-state index contributed by atoms with van der Waals surface area (Å²) in [6.45, 7) is 4.25. The molecule has 0 bridgehead atoms. The molecule has 1 atom stereocenters. The molecular weight excluding hydrogens is 456 g/mol. The van der Waals surface area contributed by atoms with E-state index in [4.69, 9.17) is 19.2 Å². The number of nitrogens with one attached hydrogen (secondary N) is 1. The first-order chi connectivity index (χ1) is 16.5. The van der Waals surface area contributed by atoms with Crippen molar-refractivity contribution in [3.05, 3.63) is 53.5 Å². The van der Waals surface area contributed by atoms with Gasteiger partial charge >= 0.3 is 0 Å². The number of aromatic nitrogens is 3. The van der Waals surface area contributed by atoms with Gasteiger partial charge in [-0.15, -0.1) is 11.3 Å². The van der Waals surface area contributed by atoms with E-state index >= 15 is 0 Å². The number of hydrogen-bond donors (Lipinski definition) is 2. The number of fused-ring (bicyclic) bond motifs is 2. The van der Waals surface area contributed by atoms with E-state index in [1.54, 1.807) is 46.5 Å².